The summed E-state index contributed by atoms with van der Waals surface area (Å²) >= 11 is 0. The number of carbonyl (C=O) groups is 2. The van der Waals surface area contributed by atoms with Crippen molar-refractivity contribution in [1.82, 2.24) is 15.5 Å². The van der Waals surface area contributed by atoms with Gasteiger partial charge in [0.2, 0.25) is 6.79 Å². The van der Waals surface area contributed by atoms with E-state index in [2.05, 4.69) is 15.5 Å². The molecular formula is C19H25N3O5. The van der Waals surface area contributed by atoms with Crippen LogP contribution >= 0.6 is 0 Å². The van der Waals surface area contributed by atoms with Gasteiger partial charge in [-0.05, 0) is 37.0 Å². The number of rotatable bonds is 5. The van der Waals surface area contributed by atoms with Crippen molar-refractivity contribution < 1.29 is 23.8 Å². The lowest BCUT2D eigenvalue weighted by molar-refractivity contribution is -0.140. The molecule has 146 valence electrons. The van der Waals surface area contributed by atoms with Gasteiger partial charge in [-0.25, -0.2) is 0 Å². The maximum atomic E-state index is 12.2. The standard InChI is InChI=1S/C19H25N3O5/c23-17(20-11-14-2-3-15-16(10-14)27-13-26-15)18(24)21-12-19(4-1-5-19)22-6-8-25-9-7-22/h2-3,10H,1,4-9,11-13H2,(H,20,23)(H,21,24). The molecule has 1 aromatic rings. The maximum Gasteiger partial charge on any atom is 0.309 e. The van der Waals surface area contributed by atoms with Crippen LogP contribution in [0.25, 0.3) is 0 Å². The van der Waals surface area contributed by atoms with Crippen LogP contribution < -0.4 is 20.1 Å². The predicted octanol–water partition coefficient (Wildman–Crippen LogP) is 0.403. The van der Waals surface area contributed by atoms with E-state index in [1.54, 1.807) is 6.07 Å². The highest BCUT2D eigenvalue weighted by molar-refractivity contribution is 6.35. The number of hydrogen-bond donors (Lipinski definition) is 2. The first-order valence-corrected chi connectivity index (χ1v) is 9.44. The molecular weight excluding hydrogens is 350 g/mol. The minimum absolute atomic E-state index is 0.0168. The third-order valence-electron chi connectivity index (χ3n) is 5.64. The Kier molecular flexibility index (Phi) is 5.18. The predicted molar refractivity (Wildman–Crippen MR) is 96.4 cm³/mol. The van der Waals surface area contributed by atoms with Gasteiger partial charge in [-0.2, -0.15) is 0 Å². The van der Waals surface area contributed by atoms with E-state index in [-0.39, 0.29) is 18.9 Å². The van der Waals surface area contributed by atoms with Gasteiger partial charge in [-0.1, -0.05) is 6.07 Å². The number of ether oxygens (including phenoxy) is 3. The quantitative estimate of drug-likeness (QED) is 0.725. The van der Waals surface area contributed by atoms with E-state index < -0.39 is 11.8 Å². The van der Waals surface area contributed by atoms with E-state index in [9.17, 15) is 9.59 Å². The lowest BCUT2D eigenvalue weighted by Gasteiger charge is -2.51. The Labute approximate surface area is 158 Å². The zero-order valence-corrected chi connectivity index (χ0v) is 15.3. The number of amides is 2. The van der Waals surface area contributed by atoms with Crippen molar-refractivity contribution in [2.45, 2.75) is 31.3 Å². The Bertz CT molecular complexity index is 713. The van der Waals surface area contributed by atoms with E-state index in [0.717, 1.165) is 51.1 Å². The Morgan fingerprint density at radius 3 is 2.52 bits per heavy atom. The van der Waals surface area contributed by atoms with Crippen LogP contribution in [0.4, 0.5) is 0 Å². The fraction of sp³-hybridized carbons (Fsp3) is 0.579. The second-order valence-corrected chi connectivity index (χ2v) is 7.23. The average Bonchev–Trinajstić information content (AvgIpc) is 3.13. The minimum Gasteiger partial charge on any atom is -0.454 e. The topological polar surface area (TPSA) is 89.1 Å². The van der Waals surface area contributed by atoms with Gasteiger partial charge in [0, 0.05) is 31.7 Å². The van der Waals surface area contributed by atoms with Gasteiger partial charge in [0.15, 0.2) is 11.5 Å². The molecule has 2 aliphatic heterocycles. The van der Waals surface area contributed by atoms with Crippen molar-refractivity contribution in [3.05, 3.63) is 23.8 Å². The fourth-order valence-corrected chi connectivity index (χ4v) is 3.87. The van der Waals surface area contributed by atoms with E-state index in [1.807, 2.05) is 12.1 Å². The van der Waals surface area contributed by atoms with E-state index in [1.165, 1.54) is 0 Å². The Hall–Kier alpha value is -2.32. The summed E-state index contributed by atoms with van der Waals surface area (Å²) in [5, 5.41) is 5.48. The van der Waals surface area contributed by atoms with E-state index in [4.69, 9.17) is 14.2 Å². The van der Waals surface area contributed by atoms with Crippen molar-refractivity contribution >= 4 is 11.8 Å². The number of carbonyl (C=O) groups excluding carboxylic acids is 2. The smallest absolute Gasteiger partial charge is 0.309 e. The molecule has 0 bridgehead atoms. The second-order valence-electron chi connectivity index (χ2n) is 7.23. The molecule has 3 aliphatic rings. The van der Waals surface area contributed by atoms with Gasteiger partial charge in [-0.3, -0.25) is 14.5 Å². The first-order chi connectivity index (χ1) is 13.2. The van der Waals surface area contributed by atoms with Gasteiger partial charge in [0.1, 0.15) is 0 Å². The minimum atomic E-state index is -0.621. The molecule has 2 N–H and O–H groups in total. The number of nitrogens with one attached hydrogen (secondary N) is 2. The molecule has 0 atom stereocenters. The highest BCUT2D eigenvalue weighted by atomic mass is 16.7. The number of nitrogens with zero attached hydrogens (tertiary/aromatic N) is 1. The summed E-state index contributed by atoms with van der Waals surface area (Å²) in [7, 11) is 0. The lowest BCUT2D eigenvalue weighted by atomic mass is 9.75. The van der Waals surface area contributed by atoms with Crippen LogP contribution in [0.1, 0.15) is 24.8 Å². The molecule has 2 fully saturated rings. The molecule has 2 amide bonds. The van der Waals surface area contributed by atoms with Crippen LogP contribution in [-0.2, 0) is 20.9 Å². The van der Waals surface area contributed by atoms with Crippen LogP contribution in [-0.4, -0.2) is 61.9 Å². The first-order valence-electron chi connectivity index (χ1n) is 9.44. The van der Waals surface area contributed by atoms with Crippen molar-refractivity contribution in [2.24, 2.45) is 0 Å². The van der Waals surface area contributed by atoms with Crippen molar-refractivity contribution in [3.63, 3.8) is 0 Å². The van der Waals surface area contributed by atoms with Crippen LogP contribution in [0.3, 0.4) is 0 Å². The Balaban J connectivity index is 1.26. The monoisotopic (exact) mass is 375 g/mol. The molecule has 0 spiro atoms. The summed E-state index contributed by atoms with van der Waals surface area (Å²) in [6, 6.07) is 5.45. The number of fused-ring (bicyclic) bond motifs is 1. The molecule has 0 unspecified atom stereocenters. The largest absolute Gasteiger partial charge is 0.454 e. The van der Waals surface area contributed by atoms with Crippen LogP contribution in [0.2, 0.25) is 0 Å². The number of morpholine rings is 1. The summed E-state index contributed by atoms with van der Waals surface area (Å²) in [4.78, 5) is 26.7. The van der Waals surface area contributed by atoms with Gasteiger partial charge >= 0.3 is 11.8 Å². The molecule has 0 aromatic heterocycles. The van der Waals surface area contributed by atoms with Crippen molar-refractivity contribution in [2.75, 3.05) is 39.6 Å². The molecule has 1 aromatic carbocycles. The van der Waals surface area contributed by atoms with Gasteiger partial charge in [0.25, 0.3) is 0 Å². The molecule has 1 aliphatic carbocycles. The summed E-state index contributed by atoms with van der Waals surface area (Å²) in [6.45, 7) is 4.19. The van der Waals surface area contributed by atoms with Crippen molar-refractivity contribution in [1.29, 1.82) is 0 Å². The van der Waals surface area contributed by atoms with Gasteiger partial charge in [-0.15, -0.1) is 0 Å². The van der Waals surface area contributed by atoms with Crippen LogP contribution in [0, 0.1) is 0 Å². The summed E-state index contributed by atoms with van der Waals surface area (Å²) < 4.78 is 16.0. The van der Waals surface area contributed by atoms with Crippen molar-refractivity contribution in [3.8, 4) is 11.5 Å². The zero-order valence-electron chi connectivity index (χ0n) is 15.3. The number of hydrogen-bond acceptors (Lipinski definition) is 6. The third-order valence-corrected chi connectivity index (χ3v) is 5.64. The molecule has 27 heavy (non-hydrogen) atoms. The Morgan fingerprint density at radius 2 is 1.78 bits per heavy atom. The zero-order chi connectivity index (χ0) is 18.7. The van der Waals surface area contributed by atoms with Crippen LogP contribution in [0.5, 0.6) is 11.5 Å². The summed E-state index contributed by atoms with van der Waals surface area (Å²) in [6.07, 6.45) is 3.25. The molecule has 8 heteroatoms. The summed E-state index contributed by atoms with van der Waals surface area (Å²) in [5.41, 5.74) is 0.834. The lowest BCUT2D eigenvalue weighted by Crippen LogP contribution is -2.63. The third kappa shape index (κ3) is 3.86. The number of benzene rings is 1. The van der Waals surface area contributed by atoms with E-state index >= 15 is 0 Å². The van der Waals surface area contributed by atoms with Gasteiger partial charge in [0.05, 0.1) is 13.2 Å². The van der Waals surface area contributed by atoms with Gasteiger partial charge < -0.3 is 24.8 Å². The second kappa shape index (κ2) is 7.74. The molecule has 2 heterocycles. The highest BCUT2D eigenvalue weighted by Gasteiger charge is 2.43. The SMILES string of the molecule is O=C(NCc1ccc2c(c1)OCO2)C(=O)NCC1(N2CCOCC2)CCC1. The maximum absolute atomic E-state index is 12.2. The molecule has 0 radical (unpaired) electrons. The average molecular weight is 375 g/mol. The fourth-order valence-electron chi connectivity index (χ4n) is 3.87. The highest BCUT2D eigenvalue weighted by Crippen LogP contribution is 2.37. The molecule has 4 rings (SSSR count). The normalized spacial score (nSPS) is 20.6. The molecule has 1 saturated heterocycles. The first kappa shape index (κ1) is 18.1. The molecule has 8 nitrogen and oxygen atoms in total. The summed E-state index contributed by atoms with van der Waals surface area (Å²) in [5.74, 6) is 0.139. The Morgan fingerprint density at radius 1 is 1.04 bits per heavy atom. The van der Waals surface area contributed by atoms with Crippen LogP contribution in [0.15, 0.2) is 18.2 Å². The molecule has 1 saturated carbocycles. The van der Waals surface area contributed by atoms with E-state index in [0.29, 0.717) is 18.0 Å².